The first kappa shape index (κ1) is 13.3. The Hall–Kier alpha value is -2.18. The zero-order valence-electron chi connectivity index (χ0n) is 10.3. The molecule has 19 heavy (non-hydrogen) atoms. The first-order chi connectivity index (χ1) is 9.22. The van der Waals surface area contributed by atoms with Gasteiger partial charge in [-0.15, -0.1) is 0 Å². The summed E-state index contributed by atoms with van der Waals surface area (Å²) in [5.74, 6) is 6.17. The van der Waals surface area contributed by atoms with Crippen LogP contribution in [0.4, 0.5) is 5.69 Å². The fraction of sp³-hybridized carbons (Fsp3) is 0.0625. The predicted molar refractivity (Wildman–Crippen MR) is 81.5 cm³/mol. The van der Waals surface area contributed by atoms with E-state index in [0.717, 1.165) is 5.56 Å². The van der Waals surface area contributed by atoms with E-state index < -0.39 is 0 Å². The van der Waals surface area contributed by atoms with Crippen LogP contribution < -0.4 is 5.73 Å². The maximum Gasteiger partial charge on any atom is 0.195 e. The average Bonchev–Trinajstić information content (AvgIpc) is 2.46. The van der Waals surface area contributed by atoms with Gasteiger partial charge in [0.25, 0.3) is 0 Å². The van der Waals surface area contributed by atoms with Gasteiger partial charge in [-0.25, -0.2) is 0 Å². The van der Waals surface area contributed by atoms with E-state index in [1.54, 1.807) is 30.3 Å². The summed E-state index contributed by atoms with van der Waals surface area (Å²) in [4.78, 5) is 12.3. The molecule has 0 fully saturated rings. The number of carbonyl (C=O) groups is 1. The second-order valence-corrected chi connectivity index (χ2v) is 4.27. The number of thiol groups is 1. The van der Waals surface area contributed by atoms with Gasteiger partial charge in [-0.05, 0) is 18.2 Å². The highest BCUT2D eigenvalue weighted by molar-refractivity contribution is 7.80. The molecule has 3 heteroatoms. The normalized spacial score (nSPS) is 9.53. The molecule has 2 rings (SSSR count). The molecule has 2 aromatic rings. The number of nitrogen functional groups attached to an aromatic ring is 1. The number of hydrogen-bond donors (Lipinski definition) is 2. The molecule has 2 N–H and O–H groups in total. The molecule has 0 bridgehead atoms. The predicted octanol–water partition coefficient (Wildman–Crippen LogP) is 2.78. The van der Waals surface area contributed by atoms with Gasteiger partial charge in [0.05, 0.1) is 5.75 Å². The van der Waals surface area contributed by atoms with Crippen LogP contribution >= 0.6 is 12.6 Å². The van der Waals surface area contributed by atoms with Gasteiger partial charge < -0.3 is 5.73 Å². The number of ketones is 1. The SMILES string of the molecule is Nc1ccc(C#CCS)cc1C(=O)c1ccccc1. The summed E-state index contributed by atoms with van der Waals surface area (Å²) < 4.78 is 0. The standard InChI is InChI=1S/C16H13NOS/c17-15-9-8-12(5-4-10-19)11-14(15)16(18)13-6-2-1-3-7-13/h1-3,6-9,11,19H,10,17H2. The van der Waals surface area contributed by atoms with Crippen molar-refractivity contribution in [3.05, 3.63) is 65.2 Å². The van der Waals surface area contributed by atoms with E-state index >= 15 is 0 Å². The third-order valence-electron chi connectivity index (χ3n) is 2.65. The van der Waals surface area contributed by atoms with E-state index in [1.165, 1.54) is 0 Å². The fourth-order valence-corrected chi connectivity index (χ4v) is 1.80. The Morgan fingerprint density at radius 2 is 1.89 bits per heavy atom. The number of nitrogens with two attached hydrogens (primary N) is 1. The average molecular weight is 267 g/mol. The summed E-state index contributed by atoms with van der Waals surface area (Å²) in [6.07, 6.45) is 0. The Kier molecular flexibility index (Phi) is 4.27. The number of carbonyl (C=O) groups excluding carboxylic acids is 1. The summed E-state index contributed by atoms with van der Waals surface area (Å²) in [7, 11) is 0. The highest BCUT2D eigenvalue weighted by Gasteiger charge is 2.12. The van der Waals surface area contributed by atoms with Gasteiger partial charge in [-0.3, -0.25) is 4.79 Å². The molecule has 0 unspecified atom stereocenters. The first-order valence-electron chi connectivity index (χ1n) is 5.81. The number of anilines is 1. The van der Waals surface area contributed by atoms with E-state index in [1.807, 2.05) is 18.2 Å². The molecule has 0 saturated carbocycles. The second-order valence-electron chi connectivity index (χ2n) is 3.96. The van der Waals surface area contributed by atoms with E-state index in [4.69, 9.17) is 5.73 Å². The molecular formula is C16H13NOS. The summed E-state index contributed by atoms with van der Waals surface area (Å²) in [5.41, 5.74) is 8.20. The lowest BCUT2D eigenvalue weighted by atomic mass is 10.00. The molecule has 0 atom stereocenters. The molecule has 0 aliphatic carbocycles. The van der Waals surface area contributed by atoms with Gasteiger partial charge >= 0.3 is 0 Å². The third kappa shape index (κ3) is 3.18. The lowest BCUT2D eigenvalue weighted by molar-refractivity contribution is 0.103. The van der Waals surface area contributed by atoms with Crippen LogP contribution in [0, 0.1) is 11.8 Å². The van der Waals surface area contributed by atoms with Crippen molar-refractivity contribution in [2.24, 2.45) is 0 Å². The van der Waals surface area contributed by atoms with Gasteiger partial charge in [0, 0.05) is 22.4 Å². The maximum absolute atomic E-state index is 12.3. The van der Waals surface area contributed by atoms with Crippen LogP contribution in [0.2, 0.25) is 0 Å². The zero-order valence-corrected chi connectivity index (χ0v) is 11.2. The monoisotopic (exact) mass is 267 g/mol. The van der Waals surface area contributed by atoms with Crippen LogP contribution in [0.1, 0.15) is 21.5 Å². The molecule has 2 nitrogen and oxygen atoms in total. The molecule has 0 aliphatic rings. The summed E-state index contributed by atoms with van der Waals surface area (Å²) in [6, 6.07) is 14.3. The van der Waals surface area contributed by atoms with Crippen LogP contribution in [-0.4, -0.2) is 11.5 Å². The summed E-state index contributed by atoms with van der Waals surface area (Å²) in [6.45, 7) is 0. The van der Waals surface area contributed by atoms with Gasteiger partial charge in [0.15, 0.2) is 5.78 Å². The van der Waals surface area contributed by atoms with Crippen molar-refractivity contribution in [1.82, 2.24) is 0 Å². The molecule has 0 amide bonds. The lowest BCUT2D eigenvalue weighted by Gasteiger charge is -2.05. The van der Waals surface area contributed by atoms with E-state index in [-0.39, 0.29) is 5.78 Å². The molecule has 94 valence electrons. The van der Waals surface area contributed by atoms with Crippen molar-refractivity contribution in [2.75, 3.05) is 11.5 Å². The van der Waals surface area contributed by atoms with E-state index in [2.05, 4.69) is 24.5 Å². The van der Waals surface area contributed by atoms with E-state index in [0.29, 0.717) is 22.6 Å². The number of benzene rings is 2. The summed E-state index contributed by atoms with van der Waals surface area (Å²) >= 11 is 4.03. The van der Waals surface area contributed by atoms with Crippen LogP contribution in [0.5, 0.6) is 0 Å². The van der Waals surface area contributed by atoms with Gasteiger partial charge in [0.2, 0.25) is 0 Å². The van der Waals surface area contributed by atoms with Crippen LogP contribution in [0.3, 0.4) is 0 Å². The van der Waals surface area contributed by atoms with Crippen molar-refractivity contribution >= 4 is 24.1 Å². The van der Waals surface area contributed by atoms with Crippen molar-refractivity contribution < 1.29 is 4.79 Å². The van der Waals surface area contributed by atoms with Crippen molar-refractivity contribution in [2.45, 2.75) is 0 Å². The van der Waals surface area contributed by atoms with Crippen molar-refractivity contribution in [3.8, 4) is 11.8 Å². The molecule has 0 aliphatic heterocycles. The minimum Gasteiger partial charge on any atom is -0.398 e. The highest BCUT2D eigenvalue weighted by Crippen LogP contribution is 2.18. The Morgan fingerprint density at radius 1 is 1.16 bits per heavy atom. The molecule has 0 aromatic heterocycles. The Labute approximate surface area is 118 Å². The highest BCUT2D eigenvalue weighted by atomic mass is 32.1. The Bertz CT molecular complexity index is 653. The third-order valence-corrected chi connectivity index (χ3v) is 2.80. The maximum atomic E-state index is 12.3. The molecule has 2 aromatic carbocycles. The van der Waals surface area contributed by atoms with Crippen LogP contribution in [0.25, 0.3) is 0 Å². The Balaban J connectivity index is 2.41. The van der Waals surface area contributed by atoms with Crippen LogP contribution in [-0.2, 0) is 0 Å². The largest absolute Gasteiger partial charge is 0.398 e. The number of hydrogen-bond acceptors (Lipinski definition) is 3. The van der Waals surface area contributed by atoms with Gasteiger partial charge in [0.1, 0.15) is 0 Å². The molecular weight excluding hydrogens is 254 g/mol. The quantitative estimate of drug-likeness (QED) is 0.380. The smallest absolute Gasteiger partial charge is 0.195 e. The summed E-state index contributed by atoms with van der Waals surface area (Å²) in [5, 5.41) is 0. The minimum atomic E-state index is -0.0902. The number of rotatable bonds is 2. The van der Waals surface area contributed by atoms with Crippen molar-refractivity contribution in [1.29, 1.82) is 0 Å². The first-order valence-corrected chi connectivity index (χ1v) is 6.44. The molecule has 0 radical (unpaired) electrons. The minimum absolute atomic E-state index is 0.0902. The van der Waals surface area contributed by atoms with Crippen LogP contribution in [0.15, 0.2) is 48.5 Å². The second kappa shape index (κ2) is 6.12. The van der Waals surface area contributed by atoms with Crippen molar-refractivity contribution in [3.63, 3.8) is 0 Å². The Morgan fingerprint density at radius 3 is 2.58 bits per heavy atom. The van der Waals surface area contributed by atoms with Gasteiger partial charge in [-0.2, -0.15) is 12.6 Å². The topological polar surface area (TPSA) is 43.1 Å². The molecule has 0 saturated heterocycles. The van der Waals surface area contributed by atoms with E-state index in [9.17, 15) is 4.79 Å². The van der Waals surface area contributed by atoms with Gasteiger partial charge in [-0.1, -0.05) is 42.2 Å². The fourth-order valence-electron chi connectivity index (χ4n) is 1.72. The zero-order chi connectivity index (χ0) is 13.7. The lowest BCUT2D eigenvalue weighted by Crippen LogP contribution is -2.05. The molecule has 0 heterocycles. The molecule has 0 spiro atoms.